The van der Waals surface area contributed by atoms with Crippen molar-refractivity contribution >= 4 is 28.1 Å². The van der Waals surface area contributed by atoms with Crippen molar-refractivity contribution in [3.05, 3.63) is 34.4 Å². The normalized spacial score (nSPS) is 20.4. The Balaban J connectivity index is 1.21. The summed E-state index contributed by atoms with van der Waals surface area (Å²) in [6.07, 6.45) is 1.54. The number of amides is 1. The minimum atomic E-state index is -4.12. The molecular weight excluding hydrogens is 498 g/mol. The highest BCUT2D eigenvalue weighted by molar-refractivity contribution is 7.88. The molecule has 2 N–H and O–H groups in total. The number of rotatable bonds is 12. The van der Waals surface area contributed by atoms with Gasteiger partial charge in [0.05, 0.1) is 24.7 Å². The maximum absolute atomic E-state index is 11.9. The van der Waals surface area contributed by atoms with E-state index in [1.54, 1.807) is 4.72 Å². The molecule has 1 amide bonds. The number of benzene rings is 1. The van der Waals surface area contributed by atoms with Crippen molar-refractivity contribution < 1.29 is 41.9 Å². The Kier molecular flexibility index (Phi) is 9.86. The molecule has 0 saturated heterocycles. The van der Waals surface area contributed by atoms with Crippen LogP contribution in [0.3, 0.4) is 0 Å². The van der Waals surface area contributed by atoms with E-state index in [-0.39, 0.29) is 50.3 Å². The number of nitrogens with zero attached hydrogens (tertiary/aromatic N) is 1. The van der Waals surface area contributed by atoms with Gasteiger partial charge in [-0.05, 0) is 42.7 Å². The molecule has 0 unspecified atom stereocenters. The zero-order chi connectivity index (χ0) is 26.0. The summed E-state index contributed by atoms with van der Waals surface area (Å²) >= 11 is 0. The number of ether oxygens (including phenoxy) is 4. The lowest BCUT2D eigenvalue weighted by molar-refractivity contribution is -0.384. The first-order valence-electron chi connectivity index (χ1n) is 11.3. The number of nitro groups is 1. The van der Waals surface area contributed by atoms with Crippen molar-refractivity contribution in [1.29, 1.82) is 0 Å². The van der Waals surface area contributed by atoms with Crippen LogP contribution >= 0.6 is 0 Å². The van der Waals surface area contributed by atoms with Gasteiger partial charge in [0.1, 0.15) is 12.4 Å². The highest BCUT2D eigenvalue weighted by Crippen LogP contribution is 2.52. The Morgan fingerprint density at radius 1 is 1.03 bits per heavy atom. The standard InChI is InChI=1S/C22H27N3O10S/c26-21(34-15-20-18-5-3-1-2-4-6-19(18)20)24-36(30,31)23-11-12-32-13-14-33-22(27)35-17-9-7-16(8-10-17)25(28)29/h7-10,18-20,23H,3-6,11-15H2,(H,24,26)/t18-,19-/m1/s1. The summed E-state index contributed by atoms with van der Waals surface area (Å²) in [4.78, 5) is 33.4. The number of carbonyl (C=O) groups is 2. The fourth-order valence-corrected chi connectivity index (χ4v) is 4.63. The predicted molar refractivity (Wildman–Crippen MR) is 124 cm³/mol. The maximum atomic E-state index is 11.9. The second kappa shape index (κ2) is 13.1. The summed E-state index contributed by atoms with van der Waals surface area (Å²) in [7, 11) is -4.12. The van der Waals surface area contributed by atoms with Gasteiger partial charge in [-0.3, -0.25) is 10.1 Å². The number of nitrogens with one attached hydrogen (secondary N) is 2. The zero-order valence-electron chi connectivity index (χ0n) is 19.3. The Morgan fingerprint density at radius 3 is 2.33 bits per heavy atom. The minimum Gasteiger partial charge on any atom is -0.449 e. The van der Waals surface area contributed by atoms with E-state index in [9.17, 15) is 28.1 Å². The maximum Gasteiger partial charge on any atom is 0.513 e. The molecule has 0 radical (unpaired) electrons. The second-order valence-corrected chi connectivity index (χ2v) is 9.58. The smallest absolute Gasteiger partial charge is 0.449 e. The van der Waals surface area contributed by atoms with Crippen LogP contribution in [0.5, 0.6) is 5.75 Å². The third kappa shape index (κ3) is 8.99. The fraction of sp³-hybridized carbons (Fsp3) is 0.545. The molecule has 0 spiro atoms. The molecule has 0 bridgehead atoms. The van der Waals surface area contributed by atoms with Gasteiger partial charge in [-0.25, -0.2) is 14.3 Å². The molecule has 1 aromatic carbocycles. The summed E-state index contributed by atoms with van der Waals surface area (Å²) in [5.41, 5.74) is -0.149. The zero-order valence-corrected chi connectivity index (χ0v) is 20.2. The van der Waals surface area contributed by atoms with Crippen LogP contribution in [-0.4, -0.2) is 58.6 Å². The van der Waals surface area contributed by atoms with Crippen LogP contribution in [0.2, 0.25) is 0 Å². The van der Waals surface area contributed by atoms with E-state index in [0.717, 1.165) is 25.7 Å². The van der Waals surface area contributed by atoms with Crippen LogP contribution in [0.25, 0.3) is 0 Å². The van der Waals surface area contributed by atoms with Gasteiger partial charge < -0.3 is 18.9 Å². The molecule has 1 saturated carbocycles. The van der Waals surface area contributed by atoms with Gasteiger partial charge >= 0.3 is 22.5 Å². The molecule has 196 valence electrons. The van der Waals surface area contributed by atoms with Crippen LogP contribution in [0.1, 0.15) is 25.7 Å². The van der Waals surface area contributed by atoms with E-state index < -0.39 is 27.4 Å². The topological polar surface area (TPSA) is 172 Å². The van der Waals surface area contributed by atoms with Gasteiger partial charge in [0.15, 0.2) is 0 Å². The van der Waals surface area contributed by atoms with E-state index >= 15 is 0 Å². The Morgan fingerprint density at radius 2 is 1.69 bits per heavy atom. The van der Waals surface area contributed by atoms with Gasteiger partial charge in [-0.15, -0.1) is 11.8 Å². The van der Waals surface area contributed by atoms with Gasteiger partial charge in [0.25, 0.3) is 5.69 Å². The van der Waals surface area contributed by atoms with Crippen molar-refractivity contribution in [1.82, 2.24) is 9.44 Å². The summed E-state index contributed by atoms with van der Waals surface area (Å²) in [5, 5.41) is 10.6. The number of carbonyl (C=O) groups excluding carboxylic acids is 2. The van der Waals surface area contributed by atoms with Crippen LogP contribution in [-0.2, 0) is 24.4 Å². The van der Waals surface area contributed by atoms with Gasteiger partial charge in [-0.2, -0.15) is 13.1 Å². The highest BCUT2D eigenvalue weighted by atomic mass is 32.2. The SMILES string of the molecule is O=C(NS(=O)(=O)NCCOCCOC(=O)Oc1ccc([N+](=O)[O-])cc1)OCC1[C@@H]2CCC#CCC[C@@H]12. The lowest BCUT2D eigenvalue weighted by Crippen LogP contribution is -2.42. The largest absolute Gasteiger partial charge is 0.513 e. The summed E-state index contributed by atoms with van der Waals surface area (Å²) < 4.78 is 47.7. The summed E-state index contributed by atoms with van der Waals surface area (Å²) in [6, 6.07) is 4.86. The third-order valence-electron chi connectivity index (χ3n) is 5.70. The molecule has 36 heavy (non-hydrogen) atoms. The molecule has 0 aromatic heterocycles. The van der Waals surface area contributed by atoms with Crippen molar-refractivity contribution in [2.45, 2.75) is 25.7 Å². The Hall–Kier alpha value is -3.41. The van der Waals surface area contributed by atoms with Crippen LogP contribution < -0.4 is 14.2 Å². The molecule has 0 aliphatic heterocycles. The van der Waals surface area contributed by atoms with E-state index in [0.29, 0.717) is 11.8 Å². The Labute approximate surface area is 208 Å². The predicted octanol–water partition coefficient (Wildman–Crippen LogP) is 2.13. The average molecular weight is 526 g/mol. The highest BCUT2D eigenvalue weighted by Gasteiger charge is 2.49. The van der Waals surface area contributed by atoms with Crippen LogP contribution in [0.15, 0.2) is 24.3 Å². The van der Waals surface area contributed by atoms with E-state index in [4.69, 9.17) is 18.9 Å². The van der Waals surface area contributed by atoms with Crippen molar-refractivity contribution in [2.24, 2.45) is 17.8 Å². The van der Waals surface area contributed by atoms with Gasteiger partial charge in [0.2, 0.25) is 0 Å². The average Bonchev–Trinajstić information content (AvgIpc) is 3.45. The molecule has 1 fully saturated rings. The lowest BCUT2D eigenvalue weighted by Gasteiger charge is -2.10. The molecular formula is C22H27N3O10S. The van der Waals surface area contributed by atoms with Gasteiger partial charge in [0, 0.05) is 31.5 Å². The van der Waals surface area contributed by atoms with Crippen LogP contribution in [0, 0.1) is 39.7 Å². The molecule has 2 aliphatic carbocycles. The fourth-order valence-electron chi connectivity index (χ4n) is 3.93. The third-order valence-corrected chi connectivity index (χ3v) is 6.72. The molecule has 2 aliphatic rings. The minimum absolute atomic E-state index is 0.0404. The number of nitro benzene ring substituents is 1. The quantitative estimate of drug-likeness (QED) is 0.103. The first-order valence-corrected chi connectivity index (χ1v) is 12.8. The van der Waals surface area contributed by atoms with E-state index in [2.05, 4.69) is 16.6 Å². The number of fused-ring (bicyclic) bond motifs is 1. The second-order valence-electron chi connectivity index (χ2n) is 8.08. The summed E-state index contributed by atoms with van der Waals surface area (Å²) in [6.45, 7) is -0.223. The molecule has 0 heterocycles. The molecule has 3 rings (SSSR count). The Bertz CT molecular complexity index is 1080. The first kappa shape index (κ1) is 27.2. The number of hydrogen-bond acceptors (Lipinski definition) is 10. The summed E-state index contributed by atoms with van der Waals surface area (Å²) in [5.74, 6) is 7.48. The lowest BCUT2D eigenvalue weighted by atomic mass is 10.1. The number of non-ortho nitro benzene ring substituents is 1. The molecule has 2 atom stereocenters. The van der Waals surface area contributed by atoms with Crippen molar-refractivity contribution in [2.75, 3.05) is 33.0 Å². The van der Waals surface area contributed by atoms with E-state index in [1.807, 2.05) is 0 Å². The van der Waals surface area contributed by atoms with Crippen LogP contribution in [0.4, 0.5) is 15.3 Å². The van der Waals surface area contributed by atoms with E-state index in [1.165, 1.54) is 24.3 Å². The van der Waals surface area contributed by atoms with Gasteiger partial charge in [-0.1, -0.05) is 0 Å². The molecule has 13 nitrogen and oxygen atoms in total. The molecule has 14 heteroatoms. The monoisotopic (exact) mass is 525 g/mol. The molecule has 1 aromatic rings. The van der Waals surface area contributed by atoms with Crippen molar-refractivity contribution in [3.8, 4) is 17.6 Å². The van der Waals surface area contributed by atoms with Crippen molar-refractivity contribution in [3.63, 3.8) is 0 Å². The number of hydrogen-bond donors (Lipinski definition) is 2. The first-order chi connectivity index (χ1) is 17.2.